The summed E-state index contributed by atoms with van der Waals surface area (Å²) in [6, 6.07) is 0. The summed E-state index contributed by atoms with van der Waals surface area (Å²) in [6.07, 6.45) is -2.78. The largest absolute Gasteiger partial charge is 0.426 e. The summed E-state index contributed by atoms with van der Waals surface area (Å²) in [5.74, 6) is -0.299. The van der Waals surface area contributed by atoms with Gasteiger partial charge in [-0.05, 0) is 41.9 Å². The molecule has 3 nitrogen and oxygen atoms in total. The maximum atomic E-state index is 13.1. The van der Waals surface area contributed by atoms with Crippen molar-refractivity contribution in [2.75, 3.05) is 0 Å². The molecule has 1 heterocycles. The highest BCUT2D eigenvalue weighted by molar-refractivity contribution is 6.30. The van der Waals surface area contributed by atoms with Gasteiger partial charge >= 0.3 is 6.18 Å². The quantitative estimate of drug-likeness (QED) is 0.710. The van der Waals surface area contributed by atoms with E-state index in [0.717, 1.165) is 23.9 Å². The molecule has 142 valence electrons. The van der Waals surface area contributed by atoms with Crippen molar-refractivity contribution in [3.8, 4) is 0 Å². The molecule has 7 heteroatoms. The van der Waals surface area contributed by atoms with Gasteiger partial charge in [-0.15, -0.1) is 0 Å². The minimum atomic E-state index is -4.58. The molecule has 4 rings (SSSR count). The zero-order chi connectivity index (χ0) is 19.4. The van der Waals surface area contributed by atoms with Gasteiger partial charge in [-0.2, -0.15) is 18.3 Å². The van der Waals surface area contributed by atoms with E-state index < -0.39 is 28.5 Å². The fourth-order valence-corrected chi connectivity index (χ4v) is 5.26. The predicted molar refractivity (Wildman–Crippen MR) is 92.1 cm³/mol. The molecular weight excluding hydrogens is 365 g/mol. The van der Waals surface area contributed by atoms with E-state index in [-0.39, 0.29) is 11.3 Å². The molecule has 0 radical (unpaired) electrons. The molecule has 26 heavy (non-hydrogen) atoms. The molecule has 4 atom stereocenters. The molecule has 0 bridgehead atoms. The smallest absolute Gasteiger partial charge is 0.272 e. The van der Waals surface area contributed by atoms with Crippen LogP contribution in [0.5, 0.6) is 0 Å². The van der Waals surface area contributed by atoms with Crippen molar-refractivity contribution in [2.45, 2.75) is 53.1 Å². The molecule has 0 aliphatic heterocycles. The Hall–Kier alpha value is -1.30. The highest BCUT2D eigenvalue weighted by Crippen LogP contribution is 2.70. The summed E-state index contributed by atoms with van der Waals surface area (Å²) in [5.41, 5.74) is 2.68. The topological polar surface area (TPSA) is 34.9 Å². The molecule has 1 aromatic rings. The van der Waals surface area contributed by atoms with Crippen molar-refractivity contribution in [1.29, 1.82) is 0 Å². The Bertz CT molecular complexity index is 850. The summed E-state index contributed by atoms with van der Waals surface area (Å²) in [5, 5.41) is 3.30. The van der Waals surface area contributed by atoms with Crippen LogP contribution < -0.4 is 0 Å². The Morgan fingerprint density at radius 3 is 2.46 bits per heavy atom. The van der Waals surface area contributed by atoms with Crippen molar-refractivity contribution in [2.24, 2.45) is 28.6 Å². The first-order valence-corrected chi connectivity index (χ1v) is 9.24. The van der Waals surface area contributed by atoms with E-state index in [2.05, 4.69) is 18.9 Å². The van der Waals surface area contributed by atoms with Gasteiger partial charge < -0.3 is 0 Å². The van der Waals surface area contributed by atoms with E-state index in [9.17, 15) is 18.0 Å². The monoisotopic (exact) mass is 386 g/mol. The number of carbonyl (C=O) groups excluding carboxylic acids is 1. The number of hydrogen-bond donors (Lipinski definition) is 0. The fraction of sp³-hybridized carbons (Fsp3) is 0.684. The van der Waals surface area contributed by atoms with Crippen LogP contribution in [0, 0.1) is 35.5 Å². The maximum Gasteiger partial charge on any atom is 0.426 e. The van der Waals surface area contributed by atoms with Crippen LogP contribution in [0.3, 0.4) is 0 Å². The number of nitrogens with zero attached hydrogens (tertiary/aromatic N) is 2. The Morgan fingerprint density at radius 1 is 1.27 bits per heavy atom. The van der Waals surface area contributed by atoms with Crippen molar-refractivity contribution in [3.05, 3.63) is 28.1 Å². The molecule has 2 saturated carbocycles. The Balaban J connectivity index is 1.63. The summed E-state index contributed by atoms with van der Waals surface area (Å²) in [6.45, 7) is 9.97. The number of allylic oxidation sites excluding steroid dienone is 2. The van der Waals surface area contributed by atoms with Gasteiger partial charge in [-0.3, -0.25) is 4.79 Å². The molecule has 4 unspecified atom stereocenters. The summed E-state index contributed by atoms with van der Waals surface area (Å²) in [7, 11) is 0. The van der Waals surface area contributed by atoms with E-state index in [4.69, 9.17) is 11.6 Å². The highest BCUT2D eigenvalue weighted by atomic mass is 35.5. The minimum absolute atomic E-state index is 0.216. The highest BCUT2D eigenvalue weighted by Gasteiger charge is 2.66. The van der Waals surface area contributed by atoms with Crippen LogP contribution in [0.1, 0.15) is 55.4 Å². The van der Waals surface area contributed by atoms with Gasteiger partial charge in [0.2, 0.25) is 0 Å². The zero-order valence-corrected chi connectivity index (χ0v) is 16.2. The van der Waals surface area contributed by atoms with Gasteiger partial charge in [0, 0.05) is 5.56 Å². The van der Waals surface area contributed by atoms with E-state index in [1.54, 1.807) is 13.8 Å². The first-order valence-electron chi connectivity index (χ1n) is 8.86. The van der Waals surface area contributed by atoms with Gasteiger partial charge in [0.1, 0.15) is 5.03 Å². The summed E-state index contributed by atoms with van der Waals surface area (Å²) < 4.78 is 39.7. The second-order valence-electron chi connectivity index (χ2n) is 9.14. The molecule has 0 spiro atoms. The molecule has 1 aromatic heterocycles. The second kappa shape index (κ2) is 4.94. The number of carbonyl (C=O) groups is 1. The lowest BCUT2D eigenvalue weighted by Crippen LogP contribution is -2.20. The number of fused-ring (bicyclic) bond motifs is 3. The molecule has 3 aliphatic rings. The van der Waals surface area contributed by atoms with Gasteiger partial charge in [0.25, 0.3) is 5.91 Å². The first-order chi connectivity index (χ1) is 11.8. The van der Waals surface area contributed by atoms with Crippen molar-refractivity contribution < 1.29 is 18.0 Å². The predicted octanol–water partition coefficient (Wildman–Crippen LogP) is 5.08. The third-order valence-electron chi connectivity index (χ3n) is 6.96. The van der Waals surface area contributed by atoms with Crippen LogP contribution in [0.25, 0.3) is 0 Å². The Kier molecular flexibility index (Phi) is 3.44. The lowest BCUT2D eigenvalue weighted by molar-refractivity contribution is -0.0848. The lowest BCUT2D eigenvalue weighted by Gasteiger charge is -2.10. The van der Waals surface area contributed by atoms with Crippen molar-refractivity contribution in [1.82, 2.24) is 9.78 Å². The Labute approximate surface area is 155 Å². The van der Waals surface area contributed by atoms with Gasteiger partial charge in [-0.1, -0.05) is 45.4 Å². The number of hydrogen-bond acceptors (Lipinski definition) is 2. The van der Waals surface area contributed by atoms with Gasteiger partial charge in [0.05, 0.1) is 17.3 Å². The van der Waals surface area contributed by atoms with Crippen LogP contribution in [0.2, 0.25) is 0 Å². The third kappa shape index (κ3) is 2.26. The summed E-state index contributed by atoms with van der Waals surface area (Å²) in [4.78, 5) is 13.1. The third-order valence-corrected chi connectivity index (χ3v) is 7.30. The SMILES string of the molecule is Cc1nn(C(=O)C2C(C=C(Cl)C(F)(F)F)C2(C)C)c2c1C1C(C2)C1(C)C. The number of rotatable bonds is 2. The summed E-state index contributed by atoms with van der Waals surface area (Å²) >= 11 is 5.39. The van der Waals surface area contributed by atoms with E-state index in [0.29, 0.717) is 11.8 Å². The van der Waals surface area contributed by atoms with Crippen LogP contribution in [0.4, 0.5) is 13.2 Å². The number of alkyl halides is 3. The maximum absolute atomic E-state index is 13.1. The average molecular weight is 387 g/mol. The lowest BCUT2D eigenvalue weighted by atomic mass is 9.98. The Morgan fingerprint density at radius 2 is 1.88 bits per heavy atom. The molecule has 0 amide bonds. The number of aryl methyl sites for hydroxylation is 1. The van der Waals surface area contributed by atoms with Crippen LogP contribution >= 0.6 is 11.6 Å². The van der Waals surface area contributed by atoms with Gasteiger partial charge in [-0.25, -0.2) is 4.68 Å². The van der Waals surface area contributed by atoms with E-state index in [1.165, 1.54) is 10.2 Å². The normalized spacial score (nSPS) is 33.7. The molecule has 0 saturated heterocycles. The van der Waals surface area contributed by atoms with Crippen LogP contribution in [-0.2, 0) is 6.42 Å². The zero-order valence-electron chi connectivity index (χ0n) is 15.4. The van der Waals surface area contributed by atoms with E-state index in [1.807, 2.05) is 6.92 Å². The van der Waals surface area contributed by atoms with E-state index >= 15 is 0 Å². The minimum Gasteiger partial charge on any atom is -0.272 e. The number of aromatic nitrogens is 2. The fourth-order valence-electron chi connectivity index (χ4n) is 5.12. The molecule has 2 fully saturated rings. The molecule has 0 N–H and O–H groups in total. The van der Waals surface area contributed by atoms with Crippen molar-refractivity contribution in [3.63, 3.8) is 0 Å². The molecular formula is C19H22ClF3N2O. The second-order valence-corrected chi connectivity index (χ2v) is 9.55. The van der Waals surface area contributed by atoms with Gasteiger partial charge in [0.15, 0.2) is 0 Å². The standard InChI is InChI=1S/C19H22ClF3N2O/c1-8-13-11(6-9-14(13)17(9,2)3)25(24-8)16(26)15-10(18(15,4)5)7-12(20)19(21,22)23/h7,9-10,14-15H,6H2,1-5H3. The molecule has 3 aliphatic carbocycles. The van der Waals surface area contributed by atoms with Crippen LogP contribution in [-0.4, -0.2) is 21.9 Å². The molecule has 0 aromatic carbocycles. The van der Waals surface area contributed by atoms with Crippen molar-refractivity contribution >= 4 is 17.5 Å². The first kappa shape index (κ1) is 18.1. The number of halogens is 4. The van der Waals surface area contributed by atoms with Crippen LogP contribution in [0.15, 0.2) is 11.1 Å². The average Bonchev–Trinajstić information content (AvgIpc) is 3.05.